The minimum atomic E-state index is -4.14. The molecule has 0 unspecified atom stereocenters. The molecule has 68 valence electrons. The van der Waals surface area contributed by atoms with Crippen molar-refractivity contribution in [2.45, 2.75) is 26.2 Å². The first-order valence-electron chi connectivity index (χ1n) is 3.02. The van der Waals surface area contributed by atoms with Crippen LogP contribution in [0, 0.1) is 5.41 Å². The lowest BCUT2D eigenvalue weighted by Gasteiger charge is -2.31. The second-order valence-electron chi connectivity index (χ2n) is 2.97. The molecule has 11 heavy (non-hydrogen) atoms. The molecule has 0 aliphatic rings. The van der Waals surface area contributed by atoms with Gasteiger partial charge >= 0.3 is 12.3 Å². The first-order chi connectivity index (χ1) is 4.75. The molecule has 0 amide bonds. The summed E-state index contributed by atoms with van der Waals surface area (Å²) in [6.45, 7) is 0.808. The molecule has 0 aromatic carbocycles. The van der Waals surface area contributed by atoms with Crippen LogP contribution in [0.4, 0.5) is 17.6 Å². The maximum Gasteiger partial charge on any atom is 0.314 e. The third kappa shape index (κ3) is 1.83. The van der Waals surface area contributed by atoms with Gasteiger partial charge in [0.15, 0.2) is 0 Å². The molecule has 0 saturated carbocycles. The van der Waals surface area contributed by atoms with Crippen LogP contribution in [-0.2, 0) is 0 Å². The summed E-state index contributed by atoms with van der Waals surface area (Å²) in [7, 11) is 0. The maximum absolute atomic E-state index is 12.4. The fraction of sp³-hybridized carbons (Fsp3) is 1.00. The van der Waals surface area contributed by atoms with Gasteiger partial charge in [0.05, 0.1) is 12.0 Å². The van der Waals surface area contributed by atoms with Crippen LogP contribution in [0.15, 0.2) is 0 Å². The number of halogens is 4. The molecule has 0 aliphatic heterocycles. The van der Waals surface area contributed by atoms with Crippen molar-refractivity contribution in [2.75, 3.05) is 6.61 Å². The fourth-order valence-corrected chi connectivity index (χ4v) is 0.401. The average molecular weight is 174 g/mol. The molecule has 0 atom stereocenters. The molecule has 1 nitrogen and oxygen atoms in total. The quantitative estimate of drug-likeness (QED) is 0.648. The largest absolute Gasteiger partial charge is 0.396 e. The zero-order valence-electron chi connectivity index (χ0n) is 6.24. The highest BCUT2D eigenvalue weighted by molar-refractivity contribution is 4.86. The molecule has 0 saturated heterocycles. The monoisotopic (exact) mass is 174 g/mol. The SMILES string of the molecule is CC(C)(CO)C(F)(F)C(F)F. The van der Waals surface area contributed by atoms with E-state index in [9.17, 15) is 17.6 Å². The van der Waals surface area contributed by atoms with E-state index in [1.165, 1.54) is 0 Å². The molecule has 5 heteroatoms. The molecule has 0 aliphatic carbocycles. The van der Waals surface area contributed by atoms with Crippen molar-refractivity contribution in [1.29, 1.82) is 0 Å². The van der Waals surface area contributed by atoms with Gasteiger partial charge in [-0.25, -0.2) is 8.78 Å². The highest BCUT2D eigenvalue weighted by Crippen LogP contribution is 2.40. The van der Waals surface area contributed by atoms with Crippen molar-refractivity contribution in [2.24, 2.45) is 5.41 Å². The van der Waals surface area contributed by atoms with E-state index in [4.69, 9.17) is 5.11 Å². The van der Waals surface area contributed by atoms with Gasteiger partial charge in [0.25, 0.3) is 0 Å². The minimum Gasteiger partial charge on any atom is -0.396 e. The van der Waals surface area contributed by atoms with E-state index in [1.54, 1.807) is 0 Å². The lowest BCUT2D eigenvalue weighted by molar-refractivity contribution is -0.207. The van der Waals surface area contributed by atoms with Gasteiger partial charge in [0.2, 0.25) is 0 Å². The minimum absolute atomic E-state index is 0.888. The van der Waals surface area contributed by atoms with Gasteiger partial charge in [0.1, 0.15) is 0 Å². The van der Waals surface area contributed by atoms with Crippen molar-refractivity contribution >= 4 is 0 Å². The van der Waals surface area contributed by atoms with Crippen molar-refractivity contribution in [3.63, 3.8) is 0 Å². The predicted octanol–water partition coefficient (Wildman–Crippen LogP) is 1.91. The second kappa shape index (κ2) is 2.97. The Morgan fingerprint density at radius 3 is 1.73 bits per heavy atom. The molecule has 0 aromatic rings. The molecular formula is C6H10F4O. The third-order valence-corrected chi connectivity index (χ3v) is 1.57. The van der Waals surface area contributed by atoms with Crippen LogP contribution >= 0.6 is 0 Å². The van der Waals surface area contributed by atoms with Gasteiger partial charge in [-0.15, -0.1) is 0 Å². The average Bonchev–Trinajstić information content (AvgIpc) is 1.87. The smallest absolute Gasteiger partial charge is 0.314 e. The molecule has 0 bridgehead atoms. The Morgan fingerprint density at radius 2 is 1.64 bits per heavy atom. The molecular weight excluding hydrogens is 164 g/mol. The Morgan fingerprint density at radius 1 is 1.27 bits per heavy atom. The van der Waals surface area contributed by atoms with Gasteiger partial charge in [-0.1, -0.05) is 13.8 Å². The van der Waals surface area contributed by atoms with Crippen molar-refractivity contribution < 1.29 is 22.7 Å². The van der Waals surface area contributed by atoms with E-state index >= 15 is 0 Å². The van der Waals surface area contributed by atoms with Gasteiger partial charge in [-0.2, -0.15) is 8.78 Å². The first-order valence-corrected chi connectivity index (χ1v) is 3.02. The van der Waals surface area contributed by atoms with Gasteiger partial charge in [-0.3, -0.25) is 0 Å². The predicted molar refractivity (Wildman–Crippen MR) is 31.8 cm³/mol. The number of aliphatic hydroxyl groups is 1. The van der Waals surface area contributed by atoms with E-state index in [2.05, 4.69) is 0 Å². The summed E-state index contributed by atoms with van der Waals surface area (Å²) in [4.78, 5) is 0. The summed E-state index contributed by atoms with van der Waals surface area (Å²) >= 11 is 0. The summed E-state index contributed by atoms with van der Waals surface area (Å²) in [6, 6.07) is 0. The Bertz CT molecular complexity index is 133. The lowest BCUT2D eigenvalue weighted by Crippen LogP contribution is -2.45. The van der Waals surface area contributed by atoms with Crippen LogP contribution in [0.5, 0.6) is 0 Å². The Balaban J connectivity index is 4.53. The van der Waals surface area contributed by atoms with Crippen LogP contribution in [0.3, 0.4) is 0 Å². The van der Waals surface area contributed by atoms with Crippen LogP contribution in [0.2, 0.25) is 0 Å². The number of aliphatic hydroxyl groups excluding tert-OH is 1. The second-order valence-corrected chi connectivity index (χ2v) is 2.97. The lowest BCUT2D eigenvalue weighted by atomic mass is 9.87. The Hall–Kier alpha value is -0.320. The van der Waals surface area contributed by atoms with Crippen LogP contribution < -0.4 is 0 Å². The van der Waals surface area contributed by atoms with Crippen LogP contribution in [0.1, 0.15) is 13.8 Å². The number of rotatable bonds is 3. The van der Waals surface area contributed by atoms with Gasteiger partial charge < -0.3 is 5.11 Å². The van der Waals surface area contributed by atoms with Gasteiger partial charge in [0, 0.05) is 0 Å². The molecule has 0 spiro atoms. The van der Waals surface area contributed by atoms with Crippen molar-refractivity contribution in [3.8, 4) is 0 Å². The van der Waals surface area contributed by atoms with Crippen LogP contribution in [-0.4, -0.2) is 24.1 Å². The van der Waals surface area contributed by atoms with E-state index in [0.717, 1.165) is 13.8 Å². The normalized spacial score (nSPS) is 14.2. The number of hydrogen-bond donors (Lipinski definition) is 1. The number of alkyl halides is 4. The maximum atomic E-state index is 12.4. The third-order valence-electron chi connectivity index (χ3n) is 1.57. The zero-order chi connectivity index (χ0) is 9.28. The Kier molecular flexibility index (Phi) is 2.88. The van der Waals surface area contributed by atoms with E-state index in [-0.39, 0.29) is 0 Å². The fourth-order valence-electron chi connectivity index (χ4n) is 0.401. The highest BCUT2D eigenvalue weighted by Gasteiger charge is 2.53. The molecule has 0 rings (SSSR count). The van der Waals surface area contributed by atoms with E-state index < -0.39 is 24.4 Å². The molecule has 0 fully saturated rings. The van der Waals surface area contributed by atoms with E-state index in [0.29, 0.717) is 0 Å². The molecule has 0 aromatic heterocycles. The van der Waals surface area contributed by atoms with Crippen LogP contribution in [0.25, 0.3) is 0 Å². The molecule has 0 radical (unpaired) electrons. The van der Waals surface area contributed by atoms with Gasteiger partial charge in [-0.05, 0) is 0 Å². The molecule has 1 N–H and O–H groups in total. The topological polar surface area (TPSA) is 20.2 Å². The summed E-state index contributed by atoms with van der Waals surface area (Å²) in [5.41, 5.74) is -2.07. The first kappa shape index (κ1) is 10.7. The van der Waals surface area contributed by atoms with Crippen molar-refractivity contribution in [1.82, 2.24) is 0 Å². The number of hydrogen-bond acceptors (Lipinski definition) is 1. The van der Waals surface area contributed by atoms with E-state index in [1.807, 2.05) is 0 Å². The summed E-state index contributed by atoms with van der Waals surface area (Å²) in [6.07, 6.45) is -3.73. The standard InChI is InChI=1S/C6H10F4O/c1-5(2,3-11)6(9,10)4(7)8/h4,11H,3H2,1-2H3. The molecule has 0 heterocycles. The highest BCUT2D eigenvalue weighted by atomic mass is 19.3. The van der Waals surface area contributed by atoms with Crippen molar-refractivity contribution in [3.05, 3.63) is 0 Å². The summed E-state index contributed by atoms with van der Waals surface area (Å²) in [5, 5.41) is 8.37. The summed E-state index contributed by atoms with van der Waals surface area (Å²) < 4.78 is 48.1. The summed E-state index contributed by atoms with van der Waals surface area (Å²) in [5.74, 6) is -4.14. The Labute approximate surface area is 62.0 Å². The zero-order valence-corrected chi connectivity index (χ0v) is 6.24.